The molecule has 0 fully saturated rings. The van der Waals surface area contributed by atoms with Crippen LogP contribution in [0.3, 0.4) is 0 Å². The van der Waals surface area contributed by atoms with Crippen LogP contribution in [0, 0.1) is 13.8 Å². The summed E-state index contributed by atoms with van der Waals surface area (Å²) in [6, 6.07) is 13.3. The van der Waals surface area contributed by atoms with Crippen LogP contribution in [0.5, 0.6) is 5.75 Å². The Bertz CT molecular complexity index is 1100. The average molecular weight is 454 g/mol. The molecule has 8 nitrogen and oxygen atoms in total. The van der Waals surface area contributed by atoms with Crippen LogP contribution < -0.4 is 15.4 Å². The number of benzene rings is 2. The van der Waals surface area contributed by atoms with Gasteiger partial charge in [-0.25, -0.2) is 0 Å². The number of carbonyl (C=O) groups excluding carboxylic acids is 2. The molecule has 9 heteroatoms. The molecular weight excluding hydrogens is 426 g/mol. The Morgan fingerprint density at radius 3 is 2.53 bits per heavy atom. The molecule has 1 heterocycles. The summed E-state index contributed by atoms with van der Waals surface area (Å²) < 4.78 is 6.90. The number of rotatable bonds is 9. The molecule has 0 saturated carbocycles. The van der Waals surface area contributed by atoms with Gasteiger partial charge in [-0.3, -0.25) is 9.59 Å². The molecule has 0 aliphatic rings. The maximum absolute atomic E-state index is 12.3. The van der Waals surface area contributed by atoms with Gasteiger partial charge in [-0.15, -0.1) is 10.2 Å². The Morgan fingerprint density at radius 2 is 1.81 bits per heavy atom. The van der Waals surface area contributed by atoms with Crippen LogP contribution in [0.25, 0.3) is 0 Å². The predicted octanol–water partition coefficient (Wildman–Crippen LogP) is 3.03. The highest BCUT2D eigenvalue weighted by molar-refractivity contribution is 7.99. The van der Waals surface area contributed by atoms with Gasteiger partial charge < -0.3 is 19.9 Å². The van der Waals surface area contributed by atoms with Crippen molar-refractivity contribution in [2.24, 2.45) is 7.05 Å². The number of aryl methyl sites for hydroxylation is 2. The first kappa shape index (κ1) is 23.3. The smallest absolute Gasteiger partial charge is 0.234 e. The average Bonchev–Trinajstić information content (AvgIpc) is 3.13. The van der Waals surface area contributed by atoms with E-state index in [0.29, 0.717) is 11.0 Å². The Balaban J connectivity index is 1.48. The van der Waals surface area contributed by atoms with Gasteiger partial charge in [-0.1, -0.05) is 36.0 Å². The van der Waals surface area contributed by atoms with E-state index in [1.807, 2.05) is 63.4 Å². The van der Waals surface area contributed by atoms with Crippen molar-refractivity contribution < 1.29 is 14.3 Å². The molecule has 0 spiro atoms. The number of methoxy groups -OCH3 is 1. The Labute approximate surface area is 191 Å². The third kappa shape index (κ3) is 6.34. The second-order valence-corrected chi connectivity index (χ2v) is 8.36. The molecule has 1 aromatic heterocycles. The van der Waals surface area contributed by atoms with E-state index in [-0.39, 0.29) is 30.5 Å². The quantitative estimate of drug-likeness (QED) is 0.483. The molecule has 0 aliphatic heterocycles. The van der Waals surface area contributed by atoms with E-state index in [1.165, 1.54) is 11.8 Å². The molecule has 32 heavy (non-hydrogen) atoms. The minimum absolute atomic E-state index is 0.110. The zero-order valence-corrected chi connectivity index (χ0v) is 19.5. The summed E-state index contributed by atoms with van der Waals surface area (Å²) in [5.74, 6) is 1.36. The van der Waals surface area contributed by atoms with Gasteiger partial charge in [0.15, 0.2) is 11.0 Å². The summed E-state index contributed by atoms with van der Waals surface area (Å²) >= 11 is 1.30. The molecule has 3 rings (SSSR count). The lowest BCUT2D eigenvalue weighted by atomic mass is 10.1. The third-order valence-electron chi connectivity index (χ3n) is 4.89. The Morgan fingerprint density at radius 1 is 1.06 bits per heavy atom. The fraction of sp³-hybridized carbons (Fsp3) is 0.304. The number of anilines is 1. The van der Waals surface area contributed by atoms with E-state index in [4.69, 9.17) is 4.74 Å². The highest BCUT2D eigenvalue weighted by Gasteiger charge is 2.13. The Kier molecular flexibility index (Phi) is 7.88. The SMILES string of the molecule is COc1ccc(CC(=O)NCc2nnc(SCC(=O)Nc3cc(C)ccc3C)n2C)cc1. The van der Waals surface area contributed by atoms with Crippen LogP contribution in [0.1, 0.15) is 22.5 Å². The van der Waals surface area contributed by atoms with Crippen LogP contribution in [-0.4, -0.2) is 39.4 Å². The van der Waals surface area contributed by atoms with E-state index in [2.05, 4.69) is 20.8 Å². The first-order valence-electron chi connectivity index (χ1n) is 10.1. The molecule has 0 aliphatic carbocycles. The maximum atomic E-state index is 12.3. The van der Waals surface area contributed by atoms with Crippen molar-refractivity contribution in [3.8, 4) is 5.75 Å². The van der Waals surface area contributed by atoms with Gasteiger partial charge >= 0.3 is 0 Å². The van der Waals surface area contributed by atoms with E-state index >= 15 is 0 Å². The lowest BCUT2D eigenvalue weighted by molar-refractivity contribution is -0.120. The largest absolute Gasteiger partial charge is 0.497 e. The van der Waals surface area contributed by atoms with E-state index in [1.54, 1.807) is 11.7 Å². The fourth-order valence-electron chi connectivity index (χ4n) is 2.98. The second-order valence-electron chi connectivity index (χ2n) is 7.41. The van der Waals surface area contributed by atoms with Gasteiger partial charge in [0.1, 0.15) is 5.75 Å². The molecular formula is C23H27N5O3S. The predicted molar refractivity (Wildman–Crippen MR) is 125 cm³/mol. The van der Waals surface area contributed by atoms with Crippen LogP contribution in [0.2, 0.25) is 0 Å². The van der Waals surface area contributed by atoms with Crippen LogP contribution in [0.4, 0.5) is 5.69 Å². The zero-order valence-electron chi connectivity index (χ0n) is 18.6. The highest BCUT2D eigenvalue weighted by Crippen LogP contribution is 2.19. The first-order chi connectivity index (χ1) is 15.4. The lowest BCUT2D eigenvalue weighted by Gasteiger charge is -2.09. The monoisotopic (exact) mass is 453 g/mol. The molecule has 2 amide bonds. The number of aromatic nitrogens is 3. The van der Waals surface area contributed by atoms with E-state index in [0.717, 1.165) is 28.1 Å². The lowest BCUT2D eigenvalue weighted by Crippen LogP contribution is -2.26. The molecule has 0 saturated heterocycles. The van der Waals surface area contributed by atoms with Crippen LogP contribution in [0.15, 0.2) is 47.6 Å². The van der Waals surface area contributed by atoms with Crippen molar-refractivity contribution in [3.05, 3.63) is 65.0 Å². The zero-order chi connectivity index (χ0) is 23.1. The number of ether oxygens (including phenoxy) is 1. The van der Waals surface area contributed by atoms with Crippen molar-refractivity contribution in [2.75, 3.05) is 18.2 Å². The molecule has 0 bridgehead atoms. The molecule has 0 unspecified atom stereocenters. The number of hydrogen-bond acceptors (Lipinski definition) is 6. The summed E-state index contributed by atoms with van der Waals surface area (Å²) in [7, 11) is 3.42. The molecule has 2 N–H and O–H groups in total. The summed E-state index contributed by atoms with van der Waals surface area (Å²) in [6.07, 6.45) is 0.266. The van der Waals surface area contributed by atoms with Crippen LogP contribution >= 0.6 is 11.8 Å². The van der Waals surface area contributed by atoms with Gasteiger partial charge in [-0.2, -0.15) is 0 Å². The maximum Gasteiger partial charge on any atom is 0.234 e. The number of carbonyl (C=O) groups is 2. The number of nitrogens with one attached hydrogen (secondary N) is 2. The highest BCUT2D eigenvalue weighted by atomic mass is 32.2. The molecule has 0 radical (unpaired) electrons. The fourth-order valence-corrected chi connectivity index (χ4v) is 3.71. The summed E-state index contributed by atoms with van der Waals surface area (Å²) in [5, 5.41) is 14.7. The van der Waals surface area contributed by atoms with Gasteiger partial charge in [0.2, 0.25) is 11.8 Å². The number of nitrogens with zero attached hydrogens (tertiary/aromatic N) is 3. The molecule has 168 valence electrons. The van der Waals surface area contributed by atoms with Crippen molar-refractivity contribution in [1.29, 1.82) is 0 Å². The topological polar surface area (TPSA) is 98.1 Å². The first-order valence-corrected chi connectivity index (χ1v) is 11.1. The Hall–Kier alpha value is -3.33. The van der Waals surface area contributed by atoms with Crippen molar-refractivity contribution in [1.82, 2.24) is 20.1 Å². The van der Waals surface area contributed by atoms with Gasteiger partial charge in [0, 0.05) is 12.7 Å². The second kappa shape index (κ2) is 10.8. The molecule has 0 atom stereocenters. The van der Waals surface area contributed by atoms with Crippen LogP contribution in [-0.2, 0) is 29.6 Å². The van der Waals surface area contributed by atoms with Crippen molar-refractivity contribution in [2.45, 2.75) is 32.0 Å². The number of amides is 2. The standard InChI is InChI=1S/C23H27N5O3S/c1-15-5-6-16(2)19(11-15)25-22(30)14-32-23-27-26-20(28(23)3)13-24-21(29)12-17-7-9-18(31-4)10-8-17/h5-11H,12-14H2,1-4H3,(H,24,29)(H,25,30). The number of thioether (sulfide) groups is 1. The minimum Gasteiger partial charge on any atom is -0.497 e. The van der Waals surface area contributed by atoms with Crippen molar-refractivity contribution in [3.63, 3.8) is 0 Å². The van der Waals surface area contributed by atoms with Gasteiger partial charge in [0.25, 0.3) is 0 Å². The third-order valence-corrected chi connectivity index (χ3v) is 5.91. The van der Waals surface area contributed by atoms with Gasteiger partial charge in [0.05, 0.1) is 25.8 Å². The number of hydrogen-bond donors (Lipinski definition) is 2. The van der Waals surface area contributed by atoms with Gasteiger partial charge in [-0.05, 0) is 48.7 Å². The van der Waals surface area contributed by atoms with E-state index < -0.39 is 0 Å². The normalized spacial score (nSPS) is 10.6. The molecule has 3 aromatic rings. The summed E-state index contributed by atoms with van der Waals surface area (Å²) in [6.45, 7) is 4.20. The summed E-state index contributed by atoms with van der Waals surface area (Å²) in [4.78, 5) is 24.6. The molecule has 2 aromatic carbocycles. The minimum atomic E-state index is -0.111. The van der Waals surface area contributed by atoms with Crippen molar-refractivity contribution >= 4 is 29.3 Å². The summed E-state index contributed by atoms with van der Waals surface area (Å²) in [5.41, 5.74) is 3.81. The van der Waals surface area contributed by atoms with E-state index in [9.17, 15) is 9.59 Å².